The molecule has 1 aromatic carbocycles. The van der Waals surface area contributed by atoms with Gasteiger partial charge >= 0.3 is 0 Å². The van der Waals surface area contributed by atoms with Gasteiger partial charge in [0.1, 0.15) is 5.75 Å². The molecule has 21 heavy (non-hydrogen) atoms. The van der Waals surface area contributed by atoms with Gasteiger partial charge in [-0.3, -0.25) is 4.79 Å². The van der Waals surface area contributed by atoms with Crippen LogP contribution in [0.2, 0.25) is 0 Å². The SMILES string of the molecule is CCC(N)(CC)CNC(=O)C1CCOc2ccccc21.Cl. The van der Waals surface area contributed by atoms with E-state index in [2.05, 4.69) is 19.2 Å². The minimum absolute atomic E-state index is 0. The van der Waals surface area contributed by atoms with E-state index in [9.17, 15) is 4.79 Å². The molecule has 0 spiro atoms. The fourth-order valence-corrected chi connectivity index (χ4v) is 2.50. The number of ether oxygens (including phenoxy) is 1. The van der Waals surface area contributed by atoms with E-state index in [-0.39, 0.29) is 29.8 Å². The number of hydrogen-bond donors (Lipinski definition) is 2. The smallest absolute Gasteiger partial charge is 0.227 e. The predicted octanol–water partition coefficient (Wildman–Crippen LogP) is 2.61. The van der Waals surface area contributed by atoms with Crippen LogP contribution in [0.1, 0.15) is 44.6 Å². The van der Waals surface area contributed by atoms with E-state index in [1.54, 1.807) is 0 Å². The number of carbonyl (C=O) groups is 1. The number of nitrogens with two attached hydrogens (primary N) is 1. The van der Waals surface area contributed by atoms with Gasteiger partial charge in [-0.25, -0.2) is 0 Å². The Hall–Kier alpha value is -1.26. The van der Waals surface area contributed by atoms with Crippen LogP contribution in [0.4, 0.5) is 0 Å². The summed E-state index contributed by atoms with van der Waals surface area (Å²) in [6.45, 7) is 5.22. The lowest BCUT2D eigenvalue weighted by Gasteiger charge is -2.29. The van der Waals surface area contributed by atoms with Gasteiger partial charge in [0.25, 0.3) is 0 Å². The van der Waals surface area contributed by atoms with Crippen molar-refractivity contribution in [2.24, 2.45) is 5.73 Å². The molecular weight excluding hydrogens is 288 g/mol. The fourth-order valence-electron chi connectivity index (χ4n) is 2.50. The van der Waals surface area contributed by atoms with Crippen LogP contribution in [-0.2, 0) is 4.79 Å². The molecule has 1 unspecified atom stereocenters. The van der Waals surface area contributed by atoms with Gasteiger partial charge in [-0.15, -0.1) is 12.4 Å². The number of fused-ring (bicyclic) bond motifs is 1. The van der Waals surface area contributed by atoms with Crippen LogP contribution in [0.3, 0.4) is 0 Å². The Morgan fingerprint density at radius 1 is 1.38 bits per heavy atom. The molecule has 0 bridgehead atoms. The van der Waals surface area contributed by atoms with Crippen LogP contribution in [0.15, 0.2) is 24.3 Å². The molecular formula is C16H25ClN2O2. The number of carbonyl (C=O) groups excluding carboxylic acids is 1. The number of nitrogens with one attached hydrogen (secondary N) is 1. The summed E-state index contributed by atoms with van der Waals surface area (Å²) in [7, 11) is 0. The molecule has 0 saturated carbocycles. The first-order chi connectivity index (χ1) is 9.59. The zero-order chi connectivity index (χ0) is 14.6. The average Bonchev–Trinajstić information content (AvgIpc) is 2.51. The predicted molar refractivity (Wildman–Crippen MR) is 87.1 cm³/mol. The average molecular weight is 313 g/mol. The van der Waals surface area contributed by atoms with Crippen LogP contribution in [0.5, 0.6) is 5.75 Å². The Morgan fingerprint density at radius 3 is 2.71 bits per heavy atom. The van der Waals surface area contributed by atoms with E-state index in [4.69, 9.17) is 10.5 Å². The van der Waals surface area contributed by atoms with Crippen molar-refractivity contribution in [2.75, 3.05) is 13.2 Å². The first-order valence-electron chi connectivity index (χ1n) is 7.38. The van der Waals surface area contributed by atoms with Gasteiger partial charge in [-0.05, 0) is 25.3 Å². The Balaban J connectivity index is 0.00000220. The highest BCUT2D eigenvalue weighted by Gasteiger charge is 2.29. The molecule has 0 saturated heterocycles. The van der Waals surface area contributed by atoms with Crippen molar-refractivity contribution in [3.63, 3.8) is 0 Å². The van der Waals surface area contributed by atoms with E-state index in [0.29, 0.717) is 13.2 Å². The number of amides is 1. The highest BCUT2D eigenvalue weighted by Crippen LogP contribution is 2.33. The Bertz CT molecular complexity index is 475. The van der Waals surface area contributed by atoms with Crippen molar-refractivity contribution in [1.82, 2.24) is 5.32 Å². The fraction of sp³-hybridized carbons (Fsp3) is 0.562. The monoisotopic (exact) mass is 312 g/mol. The third-order valence-electron chi connectivity index (χ3n) is 4.30. The van der Waals surface area contributed by atoms with E-state index in [0.717, 1.165) is 30.6 Å². The van der Waals surface area contributed by atoms with Crippen molar-refractivity contribution < 1.29 is 9.53 Å². The first kappa shape index (κ1) is 17.8. The topological polar surface area (TPSA) is 64.3 Å². The van der Waals surface area contributed by atoms with Crippen LogP contribution >= 0.6 is 12.4 Å². The lowest BCUT2D eigenvalue weighted by Crippen LogP contribution is -2.50. The molecule has 1 aliphatic heterocycles. The molecule has 118 valence electrons. The minimum Gasteiger partial charge on any atom is -0.493 e. The first-order valence-corrected chi connectivity index (χ1v) is 7.38. The van der Waals surface area contributed by atoms with Gasteiger partial charge in [0, 0.05) is 17.6 Å². The number of benzene rings is 1. The van der Waals surface area contributed by atoms with Gasteiger partial charge in [0.15, 0.2) is 0 Å². The Labute approximate surface area is 132 Å². The normalized spacial score (nSPS) is 17.2. The molecule has 2 rings (SSSR count). The number of halogens is 1. The number of para-hydroxylation sites is 1. The van der Waals surface area contributed by atoms with Crippen molar-refractivity contribution in [1.29, 1.82) is 0 Å². The summed E-state index contributed by atoms with van der Waals surface area (Å²) < 4.78 is 5.59. The molecule has 0 aliphatic carbocycles. The van der Waals surface area contributed by atoms with E-state index in [1.165, 1.54) is 0 Å². The van der Waals surface area contributed by atoms with Crippen LogP contribution in [0, 0.1) is 0 Å². The third kappa shape index (κ3) is 4.11. The van der Waals surface area contributed by atoms with E-state index >= 15 is 0 Å². The Morgan fingerprint density at radius 2 is 2.05 bits per heavy atom. The largest absolute Gasteiger partial charge is 0.493 e. The van der Waals surface area contributed by atoms with Gasteiger partial charge in [-0.2, -0.15) is 0 Å². The summed E-state index contributed by atoms with van der Waals surface area (Å²) >= 11 is 0. The zero-order valence-corrected chi connectivity index (χ0v) is 13.5. The van der Waals surface area contributed by atoms with E-state index in [1.807, 2.05) is 24.3 Å². The minimum atomic E-state index is -0.305. The molecule has 1 aromatic rings. The molecule has 4 nitrogen and oxygen atoms in total. The van der Waals surface area contributed by atoms with Gasteiger partial charge in [-0.1, -0.05) is 32.0 Å². The summed E-state index contributed by atoms with van der Waals surface area (Å²) in [5, 5.41) is 3.02. The van der Waals surface area contributed by atoms with Gasteiger partial charge in [0.2, 0.25) is 5.91 Å². The van der Waals surface area contributed by atoms with Gasteiger partial charge in [0.05, 0.1) is 12.5 Å². The third-order valence-corrected chi connectivity index (χ3v) is 4.30. The lowest BCUT2D eigenvalue weighted by molar-refractivity contribution is -0.123. The molecule has 1 aliphatic rings. The highest BCUT2D eigenvalue weighted by atomic mass is 35.5. The van der Waals surface area contributed by atoms with Crippen molar-refractivity contribution in [3.8, 4) is 5.75 Å². The molecule has 1 heterocycles. The molecule has 0 fully saturated rings. The zero-order valence-electron chi connectivity index (χ0n) is 12.7. The van der Waals surface area contributed by atoms with Crippen molar-refractivity contribution in [2.45, 2.75) is 44.6 Å². The van der Waals surface area contributed by atoms with Gasteiger partial charge < -0.3 is 15.8 Å². The maximum atomic E-state index is 12.4. The quantitative estimate of drug-likeness (QED) is 0.878. The van der Waals surface area contributed by atoms with Crippen molar-refractivity contribution in [3.05, 3.63) is 29.8 Å². The second kappa shape index (κ2) is 7.66. The van der Waals surface area contributed by atoms with Crippen molar-refractivity contribution >= 4 is 18.3 Å². The molecule has 5 heteroatoms. The number of hydrogen-bond acceptors (Lipinski definition) is 3. The molecule has 3 N–H and O–H groups in total. The number of rotatable bonds is 5. The lowest BCUT2D eigenvalue weighted by atomic mass is 9.90. The standard InChI is InChI=1S/C16H24N2O2.ClH/c1-3-16(17,4-2)11-18-15(19)13-9-10-20-14-8-6-5-7-12(13)14;/h5-8,13H,3-4,9-11,17H2,1-2H3,(H,18,19);1H. The molecule has 0 aromatic heterocycles. The second-order valence-corrected chi connectivity index (χ2v) is 5.51. The van der Waals surface area contributed by atoms with Crippen LogP contribution in [0.25, 0.3) is 0 Å². The summed E-state index contributed by atoms with van der Waals surface area (Å²) in [4.78, 5) is 12.4. The summed E-state index contributed by atoms with van der Waals surface area (Å²) in [6.07, 6.45) is 2.43. The maximum absolute atomic E-state index is 12.4. The van der Waals surface area contributed by atoms with Crippen LogP contribution < -0.4 is 15.8 Å². The maximum Gasteiger partial charge on any atom is 0.227 e. The second-order valence-electron chi connectivity index (χ2n) is 5.51. The van der Waals surface area contributed by atoms with Crippen LogP contribution in [-0.4, -0.2) is 24.6 Å². The molecule has 0 radical (unpaired) electrons. The van der Waals surface area contributed by atoms with E-state index < -0.39 is 0 Å². The summed E-state index contributed by atoms with van der Waals surface area (Å²) in [6, 6.07) is 7.76. The summed E-state index contributed by atoms with van der Waals surface area (Å²) in [5.74, 6) is 0.749. The highest BCUT2D eigenvalue weighted by molar-refractivity contribution is 5.85. The summed E-state index contributed by atoms with van der Waals surface area (Å²) in [5.41, 5.74) is 6.90. The molecule has 1 amide bonds. The molecule has 1 atom stereocenters. The Kier molecular flexibility index (Phi) is 6.49.